The van der Waals surface area contributed by atoms with Crippen molar-refractivity contribution in [3.63, 3.8) is 0 Å². The fourth-order valence-electron chi connectivity index (χ4n) is 3.60. The molecule has 35 heavy (non-hydrogen) atoms. The van der Waals surface area contributed by atoms with Crippen molar-refractivity contribution < 1.29 is 18.3 Å². The molecule has 8 nitrogen and oxygen atoms in total. The van der Waals surface area contributed by atoms with E-state index in [-0.39, 0.29) is 22.9 Å². The number of nitrogens with zero attached hydrogens (tertiary/aromatic N) is 2. The van der Waals surface area contributed by atoms with Crippen molar-refractivity contribution >= 4 is 21.6 Å². The first-order chi connectivity index (χ1) is 16.7. The molecule has 0 bridgehead atoms. The third kappa shape index (κ3) is 5.11. The number of anilines is 1. The monoisotopic (exact) mass is 490 g/mol. The summed E-state index contributed by atoms with van der Waals surface area (Å²) in [4.78, 5) is 12.8. The van der Waals surface area contributed by atoms with Crippen LogP contribution in [0.25, 0.3) is 11.3 Å². The Morgan fingerprint density at radius 3 is 2.40 bits per heavy atom. The lowest BCUT2D eigenvalue weighted by Gasteiger charge is -2.17. The molecule has 0 saturated carbocycles. The molecule has 9 heteroatoms. The van der Waals surface area contributed by atoms with Crippen LogP contribution in [0.4, 0.5) is 5.69 Å². The Bertz CT molecular complexity index is 1460. The number of aromatic amines is 1. The average Bonchev–Trinajstić information content (AvgIpc) is 3.34. The van der Waals surface area contributed by atoms with Crippen LogP contribution < -0.4 is 5.32 Å². The molecular formula is C26H26N4O4S. The third-order valence-corrected chi connectivity index (χ3v) is 7.69. The summed E-state index contributed by atoms with van der Waals surface area (Å²) in [5, 5.41) is 20.0. The molecule has 0 aliphatic heterocycles. The first-order valence-corrected chi connectivity index (χ1v) is 12.4. The van der Waals surface area contributed by atoms with Crippen LogP contribution in [0, 0.1) is 13.8 Å². The molecule has 1 aromatic heterocycles. The van der Waals surface area contributed by atoms with Crippen molar-refractivity contribution in [2.75, 3.05) is 12.4 Å². The molecule has 1 amide bonds. The highest BCUT2D eigenvalue weighted by molar-refractivity contribution is 7.89. The molecule has 0 unspecified atom stereocenters. The first-order valence-electron chi connectivity index (χ1n) is 10.9. The highest BCUT2D eigenvalue weighted by atomic mass is 32.2. The van der Waals surface area contributed by atoms with E-state index in [0.717, 1.165) is 16.7 Å². The average molecular weight is 491 g/mol. The van der Waals surface area contributed by atoms with Crippen molar-refractivity contribution in [2.24, 2.45) is 0 Å². The minimum Gasteiger partial charge on any atom is -0.507 e. The zero-order valence-electron chi connectivity index (χ0n) is 19.6. The number of phenolic OH excluding ortho intramolecular Hbond substituents is 1. The number of benzene rings is 3. The Labute approximate surface area is 204 Å². The Balaban J connectivity index is 1.45. The second-order valence-corrected chi connectivity index (χ2v) is 10.3. The largest absolute Gasteiger partial charge is 0.507 e. The molecule has 4 aromatic rings. The maximum absolute atomic E-state index is 12.9. The third-order valence-electron chi connectivity index (χ3n) is 5.87. The molecule has 4 rings (SSSR count). The molecule has 0 radical (unpaired) electrons. The SMILES string of the molecule is Cc1ccc(-c2cc(C(=O)Nc3ccc(S(=O)(=O)N(C)Cc4ccccc4)cc3)[nH]n2)c(O)c1C. The van der Waals surface area contributed by atoms with E-state index in [1.807, 2.05) is 50.2 Å². The number of phenols is 1. The summed E-state index contributed by atoms with van der Waals surface area (Å²) in [6.45, 7) is 3.97. The van der Waals surface area contributed by atoms with Crippen LogP contribution in [0.3, 0.4) is 0 Å². The van der Waals surface area contributed by atoms with E-state index >= 15 is 0 Å². The zero-order chi connectivity index (χ0) is 25.2. The number of hydrogen-bond donors (Lipinski definition) is 3. The van der Waals surface area contributed by atoms with Crippen LogP contribution >= 0.6 is 0 Å². The Kier molecular flexibility index (Phi) is 6.72. The van der Waals surface area contributed by atoms with Gasteiger partial charge in [0.15, 0.2) is 0 Å². The Morgan fingerprint density at radius 2 is 1.71 bits per heavy atom. The molecule has 3 aromatic carbocycles. The van der Waals surface area contributed by atoms with E-state index in [4.69, 9.17) is 0 Å². The lowest BCUT2D eigenvalue weighted by Crippen LogP contribution is -2.26. The fourth-order valence-corrected chi connectivity index (χ4v) is 4.76. The summed E-state index contributed by atoms with van der Waals surface area (Å²) in [6, 6.07) is 20.5. The van der Waals surface area contributed by atoms with Gasteiger partial charge in [0, 0.05) is 24.8 Å². The highest BCUT2D eigenvalue weighted by Crippen LogP contribution is 2.32. The molecule has 3 N–H and O–H groups in total. The summed E-state index contributed by atoms with van der Waals surface area (Å²) in [7, 11) is -2.16. The van der Waals surface area contributed by atoms with Gasteiger partial charge in [-0.05, 0) is 66.9 Å². The number of amides is 1. The lowest BCUT2D eigenvalue weighted by molar-refractivity contribution is 0.102. The van der Waals surface area contributed by atoms with Gasteiger partial charge in [-0.1, -0.05) is 36.4 Å². The van der Waals surface area contributed by atoms with Gasteiger partial charge in [-0.25, -0.2) is 8.42 Å². The molecular weight excluding hydrogens is 464 g/mol. The van der Waals surface area contributed by atoms with Gasteiger partial charge in [0.05, 0.1) is 10.6 Å². The number of nitrogens with one attached hydrogen (secondary N) is 2. The molecule has 1 heterocycles. The maximum Gasteiger partial charge on any atom is 0.273 e. The number of H-pyrrole nitrogens is 1. The van der Waals surface area contributed by atoms with E-state index in [1.54, 1.807) is 12.1 Å². The summed E-state index contributed by atoms with van der Waals surface area (Å²) >= 11 is 0. The number of carbonyl (C=O) groups excluding carboxylic acids is 1. The van der Waals surface area contributed by atoms with Crippen LogP contribution in [0.1, 0.15) is 27.2 Å². The van der Waals surface area contributed by atoms with Crippen LogP contribution in [0.15, 0.2) is 77.7 Å². The van der Waals surface area contributed by atoms with Crippen molar-refractivity contribution in [1.82, 2.24) is 14.5 Å². The molecule has 180 valence electrons. The number of aromatic nitrogens is 2. The van der Waals surface area contributed by atoms with Crippen molar-refractivity contribution in [3.05, 3.63) is 95.2 Å². The number of carbonyl (C=O) groups is 1. The van der Waals surface area contributed by atoms with Crippen LogP contribution in [-0.2, 0) is 16.6 Å². The number of rotatable bonds is 7. The van der Waals surface area contributed by atoms with Crippen LogP contribution in [0.2, 0.25) is 0 Å². The van der Waals surface area contributed by atoms with Gasteiger partial charge < -0.3 is 10.4 Å². The standard InChI is InChI=1S/C26H26N4O4S/c1-17-9-14-22(25(31)18(17)2)23-15-24(29-28-23)26(32)27-20-10-12-21(13-11-20)35(33,34)30(3)16-19-7-5-4-6-8-19/h4-15,31H,16H2,1-3H3,(H,27,32)(H,28,29). The zero-order valence-corrected chi connectivity index (χ0v) is 20.4. The van der Waals surface area contributed by atoms with Crippen molar-refractivity contribution in [2.45, 2.75) is 25.3 Å². The van der Waals surface area contributed by atoms with Gasteiger partial charge in [0.1, 0.15) is 11.4 Å². The quantitative estimate of drug-likeness (QED) is 0.353. The maximum atomic E-state index is 12.9. The van der Waals surface area contributed by atoms with Crippen molar-refractivity contribution in [1.29, 1.82) is 0 Å². The Morgan fingerprint density at radius 1 is 1.03 bits per heavy atom. The van der Waals surface area contributed by atoms with E-state index in [1.165, 1.54) is 35.6 Å². The van der Waals surface area contributed by atoms with Gasteiger partial charge >= 0.3 is 0 Å². The van der Waals surface area contributed by atoms with Gasteiger partial charge in [-0.2, -0.15) is 9.40 Å². The van der Waals surface area contributed by atoms with E-state index < -0.39 is 15.9 Å². The second-order valence-electron chi connectivity index (χ2n) is 8.30. The highest BCUT2D eigenvalue weighted by Gasteiger charge is 2.21. The molecule has 0 aliphatic carbocycles. The topological polar surface area (TPSA) is 115 Å². The van der Waals surface area contributed by atoms with Crippen LogP contribution in [0.5, 0.6) is 5.75 Å². The lowest BCUT2D eigenvalue weighted by atomic mass is 10.0. The predicted octanol–water partition coefficient (Wildman–Crippen LogP) is 4.47. The van der Waals surface area contributed by atoms with Gasteiger partial charge in [0.25, 0.3) is 5.91 Å². The second kappa shape index (κ2) is 9.73. The van der Waals surface area contributed by atoms with E-state index in [9.17, 15) is 18.3 Å². The normalized spacial score (nSPS) is 11.5. The van der Waals surface area contributed by atoms with Gasteiger partial charge in [-0.15, -0.1) is 0 Å². The van der Waals surface area contributed by atoms with E-state index in [0.29, 0.717) is 16.9 Å². The summed E-state index contributed by atoms with van der Waals surface area (Å²) < 4.78 is 27.1. The first kappa shape index (κ1) is 24.2. The smallest absolute Gasteiger partial charge is 0.273 e. The van der Waals surface area contributed by atoms with Gasteiger partial charge in [-0.3, -0.25) is 9.89 Å². The molecule has 0 aliphatic rings. The van der Waals surface area contributed by atoms with Crippen molar-refractivity contribution in [3.8, 4) is 17.0 Å². The molecule has 0 fully saturated rings. The number of hydrogen-bond acceptors (Lipinski definition) is 5. The predicted molar refractivity (Wildman–Crippen MR) is 135 cm³/mol. The molecule has 0 atom stereocenters. The number of sulfonamides is 1. The number of aryl methyl sites for hydroxylation is 1. The minimum absolute atomic E-state index is 0.123. The summed E-state index contributed by atoms with van der Waals surface area (Å²) in [5.41, 5.74) is 4.20. The summed E-state index contributed by atoms with van der Waals surface area (Å²) in [6.07, 6.45) is 0. The fraction of sp³-hybridized carbons (Fsp3) is 0.154. The van der Waals surface area contributed by atoms with Crippen LogP contribution in [-0.4, -0.2) is 41.0 Å². The molecule has 0 saturated heterocycles. The minimum atomic E-state index is -3.69. The summed E-state index contributed by atoms with van der Waals surface area (Å²) in [5.74, 6) is -0.318. The van der Waals surface area contributed by atoms with E-state index in [2.05, 4.69) is 15.5 Å². The Hall–Kier alpha value is -3.95. The number of aromatic hydroxyl groups is 1. The van der Waals surface area contributed by atoms with Gasteiger partial charge in [0.2, 0.25) is 10.0 Å². The molecule has 0 spiro atoms.